The number of sulfonamides is 1. The Hall–Kier alpha value is -3.03. The first kappa shape index (κ1) is 20.3. The summed E-state index contributed by atoms with van der Waals surface area (Å²) in [6.45, 7) is 4.51. The Morgan fingerprint density at radius 3 is 2.20 bits per heavy atom. The summed E-state index contributed by atoms with van der Waals surface area (Å²) >= 11 is 0. The fourth-order valence-electron chi connectivity index (χ4n) is 3.75. The number of hydrogen-bond acceptors (Lipinski definition) is 4. The first-order valence-corrected chi connectivity index (χ1v) is 11.4. The van der Waals surface area contributed by atoms with E-state index >= 15 is 0 Å². The minimum absolute atomic E-state index is 0.107. The van der Waals surface area contributed by atoms with Crippen LogP contribution in [0.4, 0.5) is 0 Å². The molecule has 0 bridgehead atoms. The van der Waals surface area contributed by atoms with Crippen molar-refractivity contribution in [2.24, 2.45) is 0 Å². The van der Waals surface area contributed by atoms with Gasteiger partial charge in [0.1, 0.15) is 0 Å². The molecule has 0 aliphatic rings. The second kappa shape index (κ2) is 8.01. The number of pyridine rings is 2. The van der Waals surface area contributed by atoms with Gasteiger partial charge in [0, 0.05) is 36.1 Å². The van der Waals surface area contributed by atoms with Crippen molar-refractivity contribution in [1.29, 1.82) is 0 Å². The predicted molar refractivity (Wildman–Crippen MR) is 119 cm³/mol. The van der Waals surface area contributed by atoms with Crippen molar-refractivity contribution in [2.75, 3.05) is 13.1 Å². The van der Waals surface area contributed by atoms with Crippen molar-refractivity contribution >= 4 is 31.7 Å². The maximum atomic E-state index is 12.9. The maximum absolute atomic E-state index is 12.9. The molecular formula is C23H23N3O3S. The minimum Gasteiger partial charge on any atom is -0.308 e. The number of aromatic nitrogens is 2. The van der Waals surface area contributed by atoms with Gasteiger partial charge < -0.3 is 4.57 Å². The lowest BCUT2D eigenvalue weighted by Gasteiger charge is -2.19. The Kier molecular flexibility index (Phi) is 5.40. The SMILES string of the molecule is CCN(CC)S(=O)(=O)c1ccc(=O)n(Cc2nc3ccccc3c3ccccc23)c1. The van der Waals surface area contributed by atoms with Gasteiger partial charge in [-0.1, -0.05) is 56.3 Å². The van der Waals surface area contributed by atoms with Gasteiger partial charge in [-0.3, -0.25) is 9.78 Å². The third kappa shape index (κ3) is 3.51. The molecule has 154 valence electrons. The van der Waals surface area contributed by atoms with Crippen LogP contribution >= 0.6 is 0 Å². The lowest BCUT2D eigenvalue weighted by Crippen LogP contribution is -2.32. The Labute approximate surface area is 175 Å². The van der Waals surface area contributed by atoms with E-state index in [0.29, 0.717) is 13.1 Å². The first-order valence-electron chi connectivity index (χ1n) is 9.92. The third-order valence-corrected chi connectivity index (χ3v) is 7.34. The van der Waals surface area contributed by atoms with Crippen LogP contribution < -0.4 is 5.56 Å². The molecule has 0 aliphatic heterocycles. The Morgan fingerprint density at radius 1 is 0.867 bits per heavy atom. The van der Waals surface area contributed by atoms with Gasteiger partial charge in [0.2, 0.25) is 10.0 Å². The first-order chi connectivity index (χ1) is 14.5. The molecule has 0 saturated carbocycles. The van der Waals surface area contributed by atoms with Gasteiger partial charge in [-0.2, -0.15) is 4.31 Å². The van der Waals surface area contributed by atoms with E-state index in [1.165, 1.54) is 27.2 Å². The number of benzene rings is 2. The van der Waals surface area contributed by atoms with E-state index in [4.69, 9.17) is 4.98 Å². The summed E-state index contributed by atoms with van der Waals surface area (Å²) in [7, 11) is -3.66. The molecule has 4 aromatic rings. The summed E-state index contributed by atoms with van der Waals surface area (Å²) in [4.78, 5) is 17.4. The molecule has 2 aromatic carbocycles. The van der Waals surface area contributed by atoms with Crippen LogP contribution in [0.15, 0.2) is 76.6 Å². The predicted octanol–water partition coefficient (Wildman–Crippen LogP) is 3.63. The lowest BCUT2D eigenvalue weighted by atomic mass is 10.0. The van der Waals surface area contributed by atoms with Crippen molar-refractivity contribution in [3.8, 4) is 0 Å². The number of para-hydroxylation sites is 1. The molecule has 0 amide bonds. The number of fused-ring (bicyclic) bond motifs is 3. The van der Waals surface area contributed by atoms with Crippen molar-refractivity contribution in [1.82, 2.24) is 13.9 Å². The molecule has 30 heavy (non-hydrogen) atoms. The van der Waals surface area contributed by atoms with Gasteiger partial charge in [-0.25, -0.2) is 8.42 Å². The monoisotopic (exact) mass is 421 g/mol. The summed E-state index contributed by atoms with van der Waals surface area (Å²) in [5.41, 5.74) is 1.29. The highest BCUT2D eigenvalue weighted by Crippen LogP contribution is 2.26. The molecule has 0 N–H and O–H groups in total. The van der Waals surface area contributed by atoms with Gasteiger partial charge in [0.25, 0.3) is 5.56 Å². The van der Waals surface area contributed by atoms with E-state index in [9.17, 15) is 13.2 Å². The number of nitrogens with zero attached hydrogens (tertiary/aromatic N) is 3. The molecule has 0 fully saturated rings. The molecule has 0 aliphatic carbocycles. The molecule has 6 nitrogen and oxygen atoms in total. The molecule has 0 unspecified atom stereocenters. The molecule has 0 radical (unpaired) electrons. The van der Waals surface area contributed by atoms with Gasteiger partial charge in [-0.05, 0) is 17.5 Å². The molecular weight excluding hydrogens is 398 g/mol. The average molecular weight is 422 g/mol. The quantitative estimate of drug-likeness (QED) is 0.446. The average Bonchev–Trinajstić information content (AvgIpc) is 2.76. The summed E-state index contributed by atoms with van der Waals surface area (Å²) in [6, 6.07) is 18.5. The highest BCUT2D eigenvalue weighted by molar-refractivity contribution is 7.89. The highest BCUT2D eigenvalue weighted by Gasteiger charge is 2.22. The van der Waals surface area contributed by atoms with Crippen LogP contribution in [0.2, 0.25) is 0 Å². The van der Waals surface area contributed by atoms with Crippen molar-refractivity contribution < 1.29 is 8.42 Å². The fraction of sp³-hybridized carbons (Fsp3) is 0.217. The van der Waals surface area contributed by atoms with Gasteiger partial charge >= 0.3 is 0 Å². The second-order valence-corrected chi connectivity index (χ2v) is 8.98. The van der Waals surface area contributed by atoms with E-state index in [-0.39, 0.29) is 17.0 Å². The van der Waals surface area contributed by atoms with Gasteiger partial charge in [0.05, 0.1) is 22.7 Å². The summed E-state index contributed by atoms with van der Waals surface area (Å²) in [5.74, 6) is 0. The molecule has 2 aromatic heterocycles. The van der Waals surface area contributed by atoms with Crippen LogP contribution in [0.25, 0.3) is 21.7 Å². The number of hydrogen-bond donors (Lipinski definition) is 0. The van der Waals surface area contributed by atoms with Crippen molar-refractivity contribution in [3.05, 3.63) is 82.9 Å². The standard InChI is InChI=1S/C23H23N3O3S/c1-3-26(4-2)30(28,29)17-13-14-23(27)25(15-17)16-22-20-11-6-5-9-18(20)19-10-7-8-12-21(19)24-22/h5-15H,3-4,16H2,1-2H3. The normalized spacial score (nSPS) is 12.1. The number of rotatable bonds is 6. The van der Waals surface area contributed by atoms with Crippen LogP contribution in [0.3, 0.4) is 0 Å². The van der Waals surface area contributed by atoms with Crippen LogP contribution in [0, 0.1) is 0 Å². The van der Waals surface area contributed by atoms with Gasteiger partial charge in [-0.15, -0.1) is 0 Å². The molecule has 7 heteroatoms. The van der Waals surface area contributed by atoms with Crippen LogP contribution in [0.5, 0.6) is 0 Å². The Morgan fingerprint density at radius 2 is 1.50 bits per heavy atom. The molecule has 0 spiro atoms. The van der Waals surface area contributed by atoms with E-state index < -0.39 is 10.0 Å². The van der Waals surface area contributed by atoms with Crippen LogP contribution in [-0.4, -0.2) is 35.4 Å². The van der Waals surface area contributed by atoms with Crippen molar-refractivity contribution in [3.63, 3.8) is 0 Å². The minimum atomic E-state index is -3.66. The van der Waals surface area contributed by atoms with Crippen LogP contribution in [-0.2, 0) is 16.6 Å². The highest BCUT2D eigenvalue weighted by atomic mass is 32.2. The van der Waals surface area contributed by atoms with Gasteiger partial charge in [0.15, 0.2) is 0 Å². The van der Waals surface area contributed by atoms with E-state index in [0.717, 1.165) is 27.4 Å². The zero-order chi connectivity index (χ0) is 21.3. The van der Waals surface area contributed by atoms with E-state index in [1.54, 1.807) is 13.8 Å². The molecule has 4 rings (SSSR count). The molecule has 2 heterocycles. The molecule has 0 atom stereocenters. The lowest BCUT2D eigenvalue weighted by molar-refractivity contribution is 0.444. The second-order valence-electron chi connectivity index (χ2n) is 7.04. The van der Waals surface area contributed by atoms with E-state index in [2.05, 4.69) is 0 Å². The Balaban J connectivity index is 1.85. The molecule has 0 saturated heterocycles. The summed E-state index contributed by atoms with van der Waals surface area (Å²) in [6.07, 6.45) is 1.42. The zero-order valence-electron chi connectivity index (χ0n) is 16.9. The smallest absolute Gasteiger partial charge is 0.250 e. The van der Waals surface area contributed by atoms with Crippen molar-refractivity contribution in [2.45, 2.75) is 25.3 Å². The summed E-state index contributed by atoms with van der Waals surface area (Å²) in [5, 5.41) is 3.04. The Bertz CT molecular complexity index is 1390. The maximum Gasteiger partial charge on any atom is 0.250 e. The topological polar surface area (TPSA) is 72.3 Å². The fourth-order valence-corrected chi connectivity index (χ4v) is 5.23. The zero-order valence-corrected chi connectivity index (χ0v) is 17.8. The van der Waals surface area contributed by atoms with E-state index in [1.807, 2.05) is 48.5 Å². The summed E-state index contributed by atoms with van der Waals surface area (Å²) < 4.78 is 28.6. The third-order valence-electron chi connectivity index (χ3n) is 5.31. The van der Waals surface area contributed by atoms with Crippen LogP contribution in [0.1, 0.15) is 19.5 Å². The largest absolute Gasteiger partial charge is 0.308 e.